The first kappa shape index (κ1) is 16.5. The topological polar surface area (TPSA) is 39.2 Å². The molecule has 26 heavy (non-hydrogen) atoms. The van der Waals surface area contributed by atoms with Crippen molar-refractivity contribution in [3.05, 3.63) is 101 Å². The lowest BCUT2D eigenvalue weighted by Crippen LogP contribution is -2.15. The Morgan fingerprint density at radius 1 is 0.962 bits per heavy atom. The number of nitrogens with zero attached hydrogens (tertiary/aromatic N) is 1. The third-order valence-electron chi connectivity index (χ3n) is 4.82. The highest BCUT2D eigenvalue weighted by atomic mass is 16.5. The van der Waals surface area contributed by atoms with Crippen LogP contribution >= 0.6 is 0 Å². The molecule has 3 heteroatoms. The number of rotatable bonds is 5. The number of aromatic nitrogens is 1. The molecule has 0 fully saturated rings. The van der Waals surface area contributed by atoms with Crippen LogP contribution in [0.5, 0.6) is 0 Å². The molecule has 0 saturated heterocycles. The van der Waals surface area contributed by atoms with Crippen LogP contribution in [0, 0.1) is 0 Å². The Labute approximate surface area is 153 Å². The fraction of sp³-hybridized carbons (Fsp3) is 0.217. The van der Waals surface area contributed by atoms with Crippen molar-refractivity contribution in [2.75, 3.05) is 0 Å². The van der Waals surface area contributed by atoms with Crippen LogP contribution in [0.3, 0.4) is 0 Å². The van der Waals surface area contributed by atoms with E-state index in [1.54, 1.807) is 6.20 Å². The van der Waals surface area contributed by atoms with E-state index in [4.69, 9.17) is 4.74 Å². The van der Waals surface area contributed by atoms with Crippen molar-refractivity contribution in [1.29, 1.82) is 0 Å². The second-order valence-corrected chi connectivity index (χ2v) is 6.67. The van der Waals surface area contributed by atoms with Crippen molar-refractivity contribution in [2.24, 2.45) is 0 Å². The van der Waals surface area contributed by atoms with E-state index in [0.29, 0.717) is 0 Å². The van der Waals surface area contributed by atoms with Crippen molar-refractivity contribution in [2.45, 2.75) is 31.8 Å². The molecule has 0 saturated carbocycles. The number of carbonyl (C=O) groups is 1. The number of carbonyl (C=O) groups excluding carboxylic acids is 1. The molecule has 1 heterocycles. The molecule has 0 amide bonds. The van der Waals surface area contributed by atoms with E-state index in [2.05, 4.69) is 17.1 Å². The minimum atomic E-state index is -0.487. The molecule has 1 atom stereocenters. The number of benzene rings is 2. The first-order chi connectivity index (χ1) is 12.8. The fourth-order valence-electron chi connectivity index (χ4n) is 3.53. The Kier molecular flexibility index (Phi) is 4.78. The maximum absolute atomic E-state index is 12.6. The lowest BCUT2D eigenvalue weighted by atomic mass is 10.0. The monoisotopic (exact) mass is 343 g/mol. The predicted octanol–water partition coefficient (Wildman–Crippen LogP) is 4.45. The van der Waals surface area contributed by atoms with Gasteiger partial charge >= 0.3 is 5.97 Å². The van der Waals surface area contributed by atoms with Gasteiger partial charge in [-0.15, -0.1) is 0 Å². The average Bonchev–Trinajstić information content (AvgIpc) is 3.15. The van der Waals surface area contributed by atoms with Gasteiger partial charge in [-0.05, 0) is 53.6 Å². The second kappa shape index (κ2) is 7.52. The zero-order valence-electron chi connectivity index (χ0n) is 14.6. The van der Waals surface area contributed by atoms with Crippen LogP contribution in [0.1, 0.15) is 40.5 Å². The number of ether oxygens (including phenoxy) is 1. The summed E-state index contributed by atoms with van der Waals surface area (Å²) in [5.74, 6) is -0.234. The SMILES string of the molecule is O=C(Cc1ccc2c(c1)CCC2)O[C@@H](c1ccccc1)c1ccccn1. The van der Waals surface area contributed by atoms with E-state index >= 15 is 0 Å². The van der Waals surface area contributed by atoms with Gasteiger partial charge < -0.3 is 4.74 Å². The van der Waals surface area contributed by atoms with Crippen LogP contribution in [0.2, 0.25) is 0 Å². The van der Waals surface area contributed by atoms with Crippen molar-refractivity contribution >= 4 is 5.97 Å². The summed E-state index contributed by atoms with van der Waals surface area (Å²) in [6.07, 6.45) is 4.98. The molecule has 0 unspecified atom stereocenters. The third kappa shape index (κ3) is 3.67. The maximum Gasteiger partial charge on any atom is 0.311 e. The molecule has 0 bridgehead atoms. The number of aryl methyl sites for hydroxylation is 2. The molecule has 1 aliphatic carbocycles. The van der Waals surface area contributed by atoms with Gasteiger partial charge in [-0.2, -0.15) is 0 Å². The number of hydrogen-bond acceptors (Lipinski definition) is 3. The molecule has 2 aromatic carbocycles. The summed E-state index contributed by atoms with van der Waals surface area (Å²) in [5, 5.41) is 0. The van der Waals surface area contributed by atoms with Crippen molar-refractivity contribution < 1.29 is 9.53 Å². The van der Waals surface area contributed by atoms with E-state index in [0.717, 1.165) is 29.7 Å². The standard InChI is InChI=1S/C23H21NO2/c25-22(16-17-12-13-18-9-6-10-20(18)15-17)26-23(19-7-2-1-3-8-19)21-11-4-5-14-24-21/h1-5,7-8,11-15,23H,6,9-10,16H2/t23-/m0/s1. The van der Waals surface area contributed by atoms with E-state index in [-0.39, 0.29) is 12.4 Å². The van der Waals surface area contributed by atoms with Crippen molar-refractivity contribution in [3.8, 4) is 0 Å². The molecule has 0 N–H and O–H groups in total. The van der Waals surface area contributed by atoms with Gasteiger partial charge in [0.15, 0.2) is 6.10 Å². The van der Waals surface area contributed by atoms with Crippen LogP contribution in [0.4, 0.5) is 0 Å². The summed E-state index contributed by atoms with van der Waals surface area (Å²) in [6, 6.07) is 21.8. The lowest BCUT2D eigenvalue weighted by molar-refractivity contribution is -0.146. The molecule has 3 aromatic rings. The zero-order valence-corrected chi connectivity index (χ0v) is 14.6. The van der Waals surface area contributed by atoms with Gasteiger partial charge in [-0.1, -0.05) is 54.6 Å². The van der Waals surface area contributed by atoms with Gasteiger partial charge in [0.05, 0.1) is 12.1 Å². The van der Waals surface area contributed by atoms with Gasteiger partial charge in [0, 0.05) is 6.20 Å². The van der Waals surface area contributed by atoms with Gasteiger partial charge in [-0.3, -0.25) is 9.78 Å². The molecule has 0 aliphatic heterocycles. The van der Waals surface area contributed by atoms with Gasteiger partial charge in [0.1, 0.15) is 0 Å². The molecule has 1 aliphatic rings. The summed E-state index contributed by atoms with van der Waals surface area (Å²) in [7, 11) is 0. The minimum absolute atomic E-state index is 0.234. The van der Waals surface area contributed by atoms with Crippen LogP contribution < -0.4 is 0 Å². The zero-order chi connectivity index (χ0) is 17.8. The molecule has 0 radical (unpaired) electrons. The maximum atomic E-state index is 12.6. The Morgan fingerprint density at radius 3 is 2.58 bits per heavy atom. The number of hydrogen-bond donors (Lipinski definition) is 0. The Balaban J connectivity index is 1.53. The first-order valence-corrected chi connectivity index (χ1v) is 9.05. The minimum Gasteiger partial charge on any atom is -0.451 e. The first-order valence-electron chi connectivity index (χ1n) is 9.05. The normalized spacial score (nSPS) is 13.8. The van der Waals surface area contributed by atoms with Gasteiger partial charge in [0.25, 0.3) is 0 Å². The highest BCUT2D eigenvalue weighted by Crippen LogP contribution is 2.26. The van der Waals surface area contributed by atoms with Crippen LogP contribution in [-0.2, 0) is 28.8 Å². The Hall–Kier alpha value is -2.94. The third-order valence-corrected chi connectivity index (χ3v) is 4.82. The van der Waals surface area contributed by atoms with E-state index in [1.165, 1.54) is 17.5 Å². The number of fused-ring (bicyclic) bond motifs is 1. The molecule has 130 valence electrons. The van der Waals surface area contributed by atoms with Gasteiger partial charge in [0.2, 0.25) is 0 Å². The molecular weight excluding hydrogens is 322 g/mol. The van der Waals surface area contributed by atoms with Crippen molar-refractivity contribution in [3.63, 3.8) is 0 Å². The van der Waals surface area contributed by atoms with Crippen LogP contribution in [-0.4, -0.2) is 11.0 Å². The Morgan fingerprint density at radius 2 is 1.77 bits per heavy atom. The molecule has 3 nitrogen and oxygen atoms in total. The van der Waals surface area contributed by atoms with Crippen molar-refractivity contribution in [1.82, 2.24) is 4.98 Å². The number of esters is 1. The van der Waals surface area contributed by atoms with E-state index in [1.807, 2.05) is 54.6 Å². The summed E-state index contributed by atoms with van der Waals surface area (Å²) < 4.78 is 5.84. The smallest absolute Gasteiger partial charge is 0.311 e. The Bertz CT molecular complexity index is 851. The average molecular weight is 343 g/mol. The molecular formula is C23H21NO2. The second-order valence-electron chi connectivity index (χ2n) is 6.67. The van der Waals surface area contributed by atoms with Crippen LogP contribution in [0.25, 0.3) is 0 Å². The van der Waals surface area contributed by atoms with E-state index < -0.39 is 6.10 Å². The summed E-state index contributed by atoms with van der Waals surface area (Å²) in [6.45, 7) is 0. The molecule has 0 spiro atoms. The predicted molar refractivity (Wildman–Crippen MR) is 101 cm³/mol. The highest BCUT2D eigenvalue weighted by Gasteiger charge is 2.21. The molecule has 4 rings (SSSR count). The van der Waals surface area contributed by atoms with Crippen LogP contribution in [0.15, 0.2) is 72.9 Å². The quantitative estimate of drug-likeness (QED) is 0.643. The van der Waals surface area contributed by atoms with Gasteiger partial charge in [-0.25, -0.2) is 0 Å². The fourth-order valence-corrected chi connectivity index (χ4v) is 3.53. The van der Waals surface area contributed by atoms with E-state index in [9.17, 15) is 4.79 Å². The highest BCUT2D eigenvalue weighted by molar-refractivity contribution is 5.73. The molecule has 1 aromatic heterocycles. The number of pyridine rings is 1. The largest absolute Gasteiger partial charge is 0.451 e. The summed E-state index contributed by atoms with van der Waals surface area (Å²) >= 11 is 0. The lowest BCUT2D eigenvalue weighted by Gasteiger charge is -2.18. The summed E-state index contributed by atoms with van der Waals surface area (Å²) in [4.78, 5) is 17.0. The summed E-state index contributed by atoms with van der Waals surface area (Å²) in [5.41, 5.74) is 5.47.